The van der Waals surface area contributed by atoms with Crippen LogP contribution in [0.1, 0.15) is 5.69 Å². The molecule has 2 aromatic heterocycles. The molecule has 28 heavy (non-hydrogen) atoms. The Morgan fingerprint density at radius 3 is 2.46 bits per heavy atom. The summed E-state index contributed by atoms with van der Waals surface area (Å²) >= 11 is 3.35. The van der Waals surface area contributed by atoms with Crippen molar-refractivity contribution in [2.45, 2.75) is 11.4 Å². The molecule has 0 spiro atoms. The Morgan fingerprint density at radius 1 is 1.07 bits per heavy atom. The molecule has 1 aliphatic heterocycles. The van der Waals surface area contributed by atoms with E-state index in [1.54, 1.807) is 58.4 Å². The second-order valence-electron chi connectivity index (χ2n) is 6.48. The molecule has 6 nitrogen and oxygen atoms in total. The van der Waals surface area contributed by atoms with Crippen molar-refractivity contribution < 1.29 is 13.2 Å². The number of rotatable bonds is 6. The van der Waals surface area contributed by atoms with E-state index in [9.17, 15) is 8.42 Å². The fourth-order valence-electron chi connectivity index (χ4n) is 3.15. The van der Waals surface area contributed by atoms with Gasteiger partial charge in [-0.3, -0.25) is 4.90 Å². The summed E-state index contributed by atoms with van der Waals surface area (Å²) < 4.78 is 32.3. The Hall–Kier alpha value is -1.78. The van der Waals surface area contributed by atoms with Crippen molar-refractivity contribution in [3.05, 3.63) is 52.9 Å². The topological polar surface area (TPSA) is 62.7 Å². The number of thiophene rings is 1. The van der Waals surface area contributed by atoms with Gasteiger partial charge in [0.2, 0.25) is 10.0 Å². The highest BCUT2D eigenvalue weighted by Crippen LogP contribution is 2.28. The van der Waals surface area contributed by atoms with Crippen LogP contribution in [0.15, 0.2) is 52.1 Å². The predicted molar refractivity (Wildman–Crippen MR) is 112 cm³/mol. The summed E-state index contributed by atoms with van der Waals surface area (Å²) in [5.41, 5.74) is 1.04. The van der Waals surface area contributed by atoms with Crippen molar-refractivity contribution in [3.63, 3.8) is 0 Å². The molecule has 1 aliphatic rings. The molecule has 3 aromatic rings. The highest BCUT2D eigenvalue weighted by Gasteiger charge is 2.28. The Labute approximate surface area is 173 Å². The quantitative estimate of drug-likeness (QED) is 0.594. The van der Waals surface area contributed by atoms with E-state index in [0.29, 0.717) is 36.8 Å². The Morgan fingerprint density at radius 2 is 1.82 bits per heavy atom. The van der Waals surface area contributed by atoms with E-state index in [4.69, 9.17) is 9.72 Å². The van der Waals surface area contributed by atoms with Crippen molar-refractivity contribution >= 4 is 32.7 Å². The average Bonchev–Trinajstić information content (AvgIpc) is 3.40. The van der Waals surface area contributed by atoms with Gasteiger partial charge in [-0.2, -0.15) is 4.31 Å². The van der Waals surface area contributed by atoms with E-state index in [1.807, 2.05) is 6.07 Å². The van der Waals surface area contributed by atoms with Crippen molar-refractivity contribution in [2.75, 3.05) is 33.3 Å². The first-order valence-electron chi connectivity index (χ1n) is 8.91. The van der Waals surface area contributed by atoms with Crippen molar-refractivity contribution in [1.82, 2.24) is 14.2 Å². The zero-order chi connectivity index (χ0) is 19.6. The maximum Gasteiger partial charge on any atom is 0.243 e. The van der Waals surface area contributed by atoms with Gasteiger partial charge in [-0.1, -0.05) is 6.07 Å². The Balaban J connectivity index is 1.36. The summed E-state index contributed by atoms with van der Waals surface area (Å²) in [5.74, 6) is 0.647. The predicted octanol–water partition coefficient (Wildman–Crippen LogP) is 3.39. The van der Waals surface area contributed by atoms with Crippen LogP contribution in [-0.4, -0.2) is 55.9 Å². The molecule has 148 valence electrons. The zero-order valence-electron chi connectivity index (χ0n) is 15.4. The Kier molecular flexibility index (Phi) is 5.79. The molecule has 0 bridgehead atoms. The van der Waals surface area contributed by atoms with Crippen LogP contribution in [0.5, 0.6) is 5.75 Å². The number of thiazole rings is 1. The third-order valence-corrected chi connectivity index (χ3v) is 8.54. The summed E-state index contributed by atoms with van der Waals surface area (Å²) in [6.45, 7) is 3.10. The highest BCUT2D eigenvalue weighted by molar-refractivity contribution is 7.89. The molecule has 0 N–H and O–H groups in total. The molecule has 0 radical (unpaired) electrons. The lowest BCUT2D eigenvalue weighted by Crippen LogP contribution is -2.48. The zero-order valence-corrected chi connectivity index (χ0v) is 17.9. The van der Waals surface area contributed by atoms with E-state index in [-0.39, 0.29) is 0 Å². The average molecular weight is 436 g/mol. The first kappa shape index (κ1) is 19.5. The van der Waals surface area contributed by atoms with Crippen molar-refractivity contribution in [1.29, 1.82) is 0 Å². The van der Waals surface area contributed by atoms with Crippen LogP contribution in [-0.2, 0) is 16.6 Å². The molecule has 9 heteroatoms. The molecule has 1 fully saturated rings. The lowest BCUT2D eigenvalue weighted by molar-refractivity contribution is 0.180. The number of methoxy groups -OCH3 is 1. The number of ether oxygens (including phenoxy) is 1. The standard InChI is InChI=1S/C19H21N3O3S3/c1-25-16-4-6-17(7-5-16)28(23,24)22-10-8-21(9-11-22)13-15-14-27-19(20-15)18-3-2-12-26-18/h2-7,12,14H,8-11,13H2,1H3. The largest absolute Gasteiger partial charge is 0.497 e. The van der Waals surface area contributed by atoms with E-state index in [2.05, 4.69) is 21.7 Å². The lowest BCUT2D eigenvalue weighted by Gasteiger charge is -2.33. The molecule has 4 rings (SSSR count). The number of sulfonamides is 1. The molecule has 3 heterocycles. The first-order chi connectivity index (χ1) is 13.6. The van der Waals surface area contributed by atoms with Gasteiger partial charge in [-0.15, -0.1) is 22.7 Å². The van der Waals surface area contributed by atoms with Crippen LogP contribution in [0, 0.1) is 0 Å². The minimum Gasteiger partial charge on any atom is -0.497 e. The first-order valence-corrected chi connectivity index (χ1v) is 12.1. The smallest absolute Gasteiger partial charge is 0.243 e. The number of hydrogen-bond acceptors (Lipinski definition) is 7. The van der Waals surface area contributed by atoms with Gasteiger partial charge in [0.1, 0.15) is 10.8 Å². The van der Waals surface area contributed by atoms with E-state index in [1.165, 1.54) is 4.88 Å². The molecule has 0 saturated carbocycles. The number of piperazine rings is 1. The number of benzene rings is 1. The van der Waals surface area contributed by atoms with E-state index < -0.39 is 10.0 Å². The van der Waals surface area contributed by atoms with Gasteiger partial charge in [0.25, 0.3) is 0 Å². The monoisotopic (exact) mass is 435 g/mol. The number of nitrogens with zero attached hydrogens (tertiary/aromatic N) is 3. The third-order valence-electron chi connectivity index (χ3n) is 4.70. The fraction of sp³-hybridized carbons (Fsp3) is 0.316. The molecule has 0 atom stereocenters. The van der Waals surface area contributed by atoms with Gasteiger partial charge < -0.3 is 4.74 Å². The van der Waals surface area contributed by atoms with Gasteiger partial charge in [0.05, 0.1) is 22.6 Å². The summed E-state index contributed by atoms with van der Waals surface area (Å²) in [6.07, 6.45) is 0. The molecule has 0 aliphatic carbocycles. The Bertz CT molecular complexity index is 1010. The summed E-state index contributed by atoms with van der Waals surface area (Å²) in [7, 11) is -1.91. The second-order valence-corrected chi connectivity index (χ2v) is 10.2. The van der Waals surface area contributed by atoms with Crippen LogP contribution in [0.4, 0.5) is 0 Å². The van der Waals surface area contributed by atoms with Crippen LogP contribution >= 0.6 is 22.7 Å². The third kappa shape index (κ3) is 4.13. The second kappa shape index (κ2) is 8.30. The van der Waals surface area contributed by atoms with Gasteiger partial charge in [0, 0.05) is 38.1 Å². The number of hydrogen-bond donors (Lipinski definition) is 0. The summed E-state index contributed by atoms with van der Waals surface area (Å²) in [6, 6.07) is 10.7. The van der Waals surface area contributed by atoms with Crippen molar-refractivity contribution in [3.8, 4) is 15.6 Å². The fourth-order valence-corrected chi connectivity index (χ4v) is 6.19. The maximum atomic E-state index is 12.8. The number of aromatic nitrogens is 1. The molecule has 0 amide bonds. The van der Waals surface area contributed by atoms with Crippen LogP contribution in [0.25, 0.3) is 9.88 Å². The minimum atomic E-state index is -3.47. The molecule has 1 saturated heterocycles. The van der Waals surface area contributed by atoms with Crippen LogP contribution in [0.2, 0.25) is 0 Å². The summed E-state index contributed by atoms with van der Waals surface area (Å²) in [5, 5.41) is 5.19. The van der Waals surface area contributed by atoms with Crippen molar-refractivity contribution in [2.24, 2.45) is 0 Å². The molecular formula is C19H21N3O3S3. The van der Waals surface area contributed by atoms with Gasteiger partial charge in [0.15, 0.2) is 0 Å². The summed E-state index contributed by atoms with van der Waals surface area (Å²) in [4.78, 5) is 8.47. The van der Waals surface area contributed by atoms with Crippen LogP contribution in [0.3, 0.4) is 0 Å². The van der Waals surface area contributed by atoms with E-state index in [0.717, 1.165) is 17.2 Å². The van der Waals surface area contributed by atoms with E-state index >= 15 is 0 Å². The van der Waals surface area contributed by atoms with Gasteiger partial charge >= 0.3 is 0 Å². The van der Waals surface area contributed by atoms with Crippen LogP contribution < -0.4 is 4.74 Å². The SMILES string of the molecule is COc1ccc(S(=O)(=O)N2CCN(Cc3csc(-c4cccs4)n3)CC2)cc1. The molecule has 1 aromatic carbocycles. The maximum absolute atomic E-state index is 12.8. The highest BCUT2D eigenvalue weighted by atomic mass is 32.2. The molecular weight excluding hydrogens is 414 g/mol. The normalized spacial score (nSPS) is 16.3. The lowest BCUT2D eigenvalue weighted by atomic mass is 10.3. The van der Waals surface area contributed by atoms with Gasteiger partial charge in [-0.25, -0.2) is 13.4 Å². The minimum absolute atomic E-state index is 0.307. The van der Waals surface area contributed by atoms with Gasteiger partial charge in [-0.05, 0) is 35.7 Å². The molecule has 0 unspecified atom stereocenters.